The number of nitrogen functional groups attached to an aromatic ring is 1. The maximum absolute atomic E-state index is 13.0. The van der Waals surface area contributed by atoms with Gasteiger partial charge in [-0.05, 0) is 35.9 Å². The summed E-state index contributed by atoms with van der Waals surface area (Å²) in [4.78, 5) is 11.6. The van der Waals surface area contributed by atoms with E-state index in [9.17, 15) is 13.6 Å². The van der Waals surface area contributed by atoms with Gasteiger partial charge < -0.3 is 16.4 Å². The van der Waals surface area contributed by atoms with Crippen molar-refractivity contribution < 1.29 is 13.6 Å². The highest BCUT2D eigenvalue weighted by Crippen LogP contribution is 2.12. The monoisotopic (exact) mass is 277 g/mol. The Balaban J connectivity index is 1.90. The summed E-state index contributed by atoms with van der Waals surface area (Å²) < 4.78 is 25.7. The highest BCUT2D eigenvalue weighted by molar-refractivity contribution is 5.89. The van der Waals surface area contributed by atoms with Crippen molar-refractivity contribution in [2.24, 2.45) is 0 Å². The summed E-state index contributed by atoms with van der Waals surface area (Å²) in [5.41, 5.74) is 7.13. The molecule has 0 unspecified atom stereocenters. The molecule has 104 valence electrons. The first-order chi connectivity index (χ1) is 9.54. The average Bonchev–Trinajstić information content (AvgIpc) is 2.40. The van der Waals surface area contributed by atoms with Gasteiger partial charge in [-0.3, -0.25) is 0 Å². The number of urea groups is 1. The lowest BCUT2D eigenvalue weighted by Crippen LogP contribution is -2.28. The van der Waals surface area contributed by atoms with Gasteiger partial charge in [-0.15, -0.1) is 0 Å². The summed E-state index contributed by atoms with van der Waals surface area (Å²) in [6.07, 6.45) is 0. The zero-order chi connectivity index (χ0) is 14.5. The van der Waals surface area contributed by atoms with Gasteiger partial charge in [0.1, 0.15) is 0 Å². The summed E-state index contributed by atoms with van der Waals surface area (Å²) in [6, 6.07) is 9.70. The van der Waals surface area contributed by atoms with E-state index in [1.54, 1.807) is 24.3 Å². The predicted molar refractivity (Wildman–Crippen MR) is 73.1 cm³/mol. The Morgan fingerprint density at radius 3 is 2.60 bits per heavy atom. The molecule has 20 heavy (non-hydrogen) atoms. The van der Waals surface area contributed by atoms with Crippen molar-refractivity contribution >= 4 is 17.4 Å². The smallest absolute Gasteiger partial charge is 0.319 e. The van der Waals surface area contributed by atoms with E-state index in [1.165, 1.54) is 6.07 Å². The number of carbonyl (C=O) groups is 1. The molecule has 0 aliphatic heterocycles. The summed E-state index contributed by atoms with van der Waals surface area (Å²) in [7, 11) is 0. The predicted octanol–water partition coefficient (Wildman–Crippen LogP) is 2.87. The van der Waals surface area contributed by atoms with Gasteiger partial charge in [0.25, 0.3) is 0 Å². The maximum Gasteiger partial charge on any atom is 0.319 e. The highest BCUT2D eigenvalue weighted by Gasteiger charge is 2.05. The van der Waals surface area contributed by atoms with Gasteiger partial charge in [-0.25, -0.2) is 13.6 Å². The number of hydrogen-bond donors (Lipinski definition) is 3. The van der Waals surface area contributed by atoms with E-state index in [1.807, 2.05) is 0 Å². The van der Waals surface area contributed by atoms with Crippen molar-refractivity contribution in [2.45, 2.75) is 6.54 Å². The molecule has 2 amide bonds. The molecule has 0 saturated heterocycles. The van der Waals surface area contributed by atoms with Crippen LogP contribution in [0.25, 0.3) is 0 Å². The second-order valence-corrected chi connectivity index (χ2v) is 4.18. The van der Waals surface area contributed by atoms with Gasteiger partial charge in [-0.1, -0.05) is 12.1 Å². The van der Waals surface area contributed by atoms with Gasteiger partial charge in [0.2, 0.25) is 0 Å². The van der Waals surface area contributed by atoms with Crippen LogP contribution in [0.3, 0.4) is 0 Å². The molecular weight excluding hydrogens is 264 g/mol. The van der Waals surface area contributed by atoms with E-state index in [0.29, 0.717) is 16.9 Å². The summed E-state index contributed by atoms with van der Waals surface area (Å²) in [6.45, 7) is 0.0886. The van der Waals surface area contributed by atoms with E-state index < -0.39 is 17.7 Å². The van der Waals surface area contributed by atoms with E-state index in [2.05, 4.69) is 10.6 Å². The molecule has 0 heterocycles. The Morgan fingerprint density at radius 2 is 1.90 bits per heavy atom. The fraction of sp³-hybridized carbons (Fsp3) is 0.0714. The fourth-order valence-corrected chi connectivity index (χ4v) is 1.62. The van der Waals surface area contributed by atoms with Crippen LogP contribution in [0.15, 0.2) is 42.5 Å². The van der Waals surface area contributed by atoms with Crippen LogP contribution in [-0.2, 0) is 6.54 Å². The van der Waals surface area contributed by atoms with E-state index >= 15 is 0 Å². The largest absolute Gasteiger partial charge is 0.399 e. The van der Waals surface area contributed by atoms with Crippen LogP contribution in [0, 0.1) is 11.6 Å². The number of rotatable bonds is 3. The minimum absolute atomic E-state index is 0.0886. The third-order valence-electron chi connectivity index (χ3n) is 2.58. The molecule has 0 radical (unpaired) electrons. The molecule has 2 aromatic carbocycles. The molecular formula is C14H13F2N3O. The number of nitrogens with one attached hydrogen (secondary N) is 2. The van der Waals surface area contributed by atoms with Crippen molar-refractivity contribution in [1.82, 2.24) is 5.32 Å². The SMILES string of the molecule is Nc1cccc(NC(=O)NCc2ccc(F)c(F)c2)c1. The minimum atomic E-state index is -0.944. The Hall–Kier alpha value is -2.63. The highest BCUT2D eigenvalue weighted by atomic mass is 19.2. The number of benzene rings is 2. The number of amides is 2. The van der Waals surface area contributed by atoms with Crippen molar-refractivity contribution in [1.29, 1.82) is 0 Å². The molecule has 2 rings (SSSR count). The van der Waals surface area contributed by atoms with Gasteiger partial charge >= 0.3 is 6.03 Å². The van der Waals surface area contributed by atoms with Crippen LogP contribution < -0.4 is 16.4 Å². The fourth-order valence-electron chi connectivity index (χ4n) is 1.62. The van der Waals surface area contributed by atoms with Crippen LogP contribution in [0.5, 0.6) is 0 Å². The number of nitrogens with two attached hydrogens (primary N) is 1. The third kappa shape index (κ3) is 3.68. The molecule has 0 bridgehead atoms. The Labute approximate surface area is 114 Å². The summed E-state index contributed by atoms with van der Waals surface area (Å²) in [5.74, 6) is -1.86. The zero-order valence-electron chi connectivity index (χ0n) is 10.5. The Bertz CT molecular complexity index is 632. The standard InChI is InChI=1S/C14H13F2N3O/c15-12-5-4-9(6-13(12)16)8-18-14(20)19-11-3-1-2-10(17)7-11/h1-7H,8,17H2,(H2,18,19,20). The molecule has 4 nitrogen and oxygen atoms in total. The van der Waals surface area contributed by atoms with Crippen LogP contribution >= 0.6 is 0 Å². The molecule has 6 heteroatoms. The molecule has 0 saturated carbocycles. The normalized spacial score (nSPS) is 10.1. The molecule has 0 aromatic heterocycles. The first-order valence-electron chi connectivity index (χ1n) is 5.89. The number of anilines is 2. The first-order valence-corrected chi connectivity index (χ1v) is 5.89. The summed E-state index contributed by atoms with van der Waals surface area (Å²) >= 11 is 0. The zero-order valence-corrected chi connectivity index (χ0v) is 10.5. The van der Waals surface area contributed by atoms with Crippen molar-refractivity contribution in [2.75, 3.05) is 11.1 Å². The van der Waals surface area contributed by atoms with E-state index in [0.717, 1.165) is 12.1 Å². The molecule has 0 atom stereocenters. The van der Waals surface area contributed by atoms with Gasteiger partial charge in [0.15, 0.2) is 11.6 Å². The van der Waals surface area contributed by atoms with Crippen molar-refractivity contribution in [3.63, 3.8) is 0 Å². The molecule has 2 aromatic rings. The minimum Gasteiger partial charge on any atom is -0.399 e. The maximum atomic E-state index is 13.0. The van der Waals surface area contributed by atoms with Crippen molar-refractivity contribution in [3.05, 3.63) is 59.7 Å². The molecule has 0 spiro atoms. The lowest BCUT2D eigenvalue weighted by molar-refractivity contribution is 0.251. The Kier molecular flexibility index (Phi) is 4.14. The molecule has 4 N–H and O–H groups in total. The number of carbonyl (C=O) groups excluding carboxylic acids is 1. The quantitative estimate of drug-likeness (QED) is 0.755. The third-order valence-corrected chi connectivity index (χ3v) is 2.58. The Morgan fingerprint density at radius 1 is 1.10 bits per heavy atom. The topological polar surface area (TPSA) is 67.1 Å². The van der Waals surface area contributed by atoms with Crippen LogP contribution in [0.4, 0.5) is 25.0 Å². The second kappa shape index (κ2) is 6.01. The van der Waals surface area contributed by atoms with Crippen LogP contribution in [0.2, 0.25) is 0 Å². The average molecular weight is 277 g/mol. The number of hydrogen-bond acceptors (Lipinski definition) is 2. The van der Waals surface area contributed by atoms with E-state index in [4.69, 9.17) is 5.73 Å². The molecule has 0 aliphatic carbocycles. The number of halogens is 2. The second-order valence-electron chi connectivity index (χ2n) is 4.18. The van der Waals surface area contributed by atoms with Gasteiger partial charge in [-0.2, -0.15) is 0 Å². The summed E-state index contributed by atoms with van der Waals surface area (Å²) in [5, 5.41) is 5.11. The van der Waals surface area contributed by atoms with Crippen LogP contribution in [0.1, 0.15) is 5.56 Å². The molecule has 0 aliphatic rings. The lowest BCUT2D eigenvalue weighted by atomic mass is 10.2. The van der Waals surface area contributed by atoms with E-state index in [-0.39, 0.29) is 6.54 Å². The van der Waals surface area contributed by atoms with Gasteiger partial charge in [0, 0.05) is 17.9 Å². The van der Waals surface area contributed by atoms with Crippen LogP contribution in [-0.4, -0.2) is 6.03 Å². The lowest BCUT2D eigenvalue weighted by Gasteiger charge is -2.08. The van der Waals surface area contributed by atoms with Crippen molar-refractivity contribution in [3.8, 4) is 0 Å². The molecule has 0 fully saturated rings. The van der Waals surface area contributed by atoms with Gasteiger partial charge in [0.05, 0.1) is 0 Å². The first kappa shape index (κ1) is 13.8.